The molecule has 3 nitrogen and oxygen atoms in total. The summed E-state index contributed by atoms with van der Waals surface area (Å²) in [6.45, 7) is 2.74. The van der Waals surface area contributed by atoms with E-state index in [9.17, 15) is 0 Å². The summed E-state index contributed by atoms with van der Waals surface area (Å²) >= 11 is 0. The number of nitrogens with one attached hydrogen (secondary N) is 1. The second kappa shape index (κ2) is 5.28. The molecule has 2 fully saturated rings. The van der Waals surface area contributed by atoms with Crippen molar-refractivity contribution in [1.29, 1.82) is 0 Å². The van der Waals surface area contributed by atoms with E-state index < -0.39 is 0 Å². The van der Waals surface area contributed by atoms with Crippen molar-refractivity contribution >= 4 is 0 Å². The van der Waals surface area contributed by atoms with Crippen molar-refractivity contribution in [2.24, 2.45) is 5.92 Å². The molecule has 0 bridgehead atoms. The minimum Gasteiger partial charge on any atom is -0.348 e. The molecule has 0 radical (unpaired) electrons. The fourth-order valence-corrected chi connectivity index (χ4v) is 2.76. The standard InChI is InChI=1S/C12H23NO2/c1-13-8-2-3-11-4-6-12(7-5-11)14-9-10-15-12/h11,13H,2-10H2,1H3. The van der Waals surface area contributed by atoms with Crippen LogP contribution in [0.5, 0.6) is 0 Å². The van der Waals surface area contributed by atoms with E-state index in [-0.39, 0.29) is 5.79 Å². The van der Waals surface area contributed by atoms with Gasteiger partial charge in [-0.05, 0) is 45.2 Å². The Hall–Kier alpha value is -0.120. The van der Waals surface area contributed by atoms with E-state index in [0.29, 0.717) is 0 Å². The van der Waals surface area contributed by atoms with Crippen LogP contribution in [0.3, 0.4) is 0 Å². The summed E-state index contributed by atoms with van der Waals surface area (Å²) in [5.74, 6) is 0.733. The first-order valence-corrected chi connectivity index (χ1v) is 6.27. The van der Waals surface area contributed by atoms with Crippen LogP contribution < -0.4 is 5.32 Å². The number of hydrogen-bond acceptors (Lipinski definition) is 3. The zero-order valence-corrected chi connectivity index (χ0v) is 9.76. The summed E-state index contributed by atoms with van der Waals surface area (Å²) in [5.41, 5.74) is 0. The maximum Gasteiger partial charge on any atom is 0.168 e. The molecule has 0 aromatic heterocycles. The molecule has 0 amide bonds. The normalized spacial score (nSPS) is 26.2. The second-order valence-electron chi connectivity index (χ2n) is 4.80. The van der Waals surface area contributed by atoms with Gasteiger partial charge in [-0.1, -0.05) is 0 Å². The molecule has 0 aromatic rings. The Labute approximate surface area is 92.5 Å². The summed E-state index contributed by atoms with van der Waals surface area (Å²) in [4.78, 5) is 0. The molecule has 1 aliphatic heterocycles. The topological polar surface area (TPSA) is 30.5 Å². The van der Waals surface area contributed by atoms with E-state index in [4.69, 9.17) is 9.47 Å². The Kier molecular flexibility index (Phi) is 4.00. The molecule has 1 spiro atoms. The zero-order chi connectivity index (χ0) is 10.6. The first-order valence-electron chi connectivity index (χ1n) is 6.27. The summed E-state index contributed by atoms with van der Waals surface area (Å²) < 4.78 is 11.4. The van der Waals surface area contributed by atoms with Crippen LogP contribution in [0, 0.1) is 5.92 Å². The molecule has 2 rings (SSSR count). The van der Waals surface area contributed by atoms with Crippen molar-refractivity contribution in [1.82, 2.24) is 5.32 Å². The highest BCUT2D eigenvalue weighted by Gasteiger charge is 2.39. The molecule has 1 heterocycles. The average molecular weight is 213 g/mol. The molecule has 1 aliphatic carbocycles. The van der Waals surface area contributed by atoms with E-state index in [1.165, 1.54) is 25.7 Å². The van der Waals surface area contributed by atoms with Gasteiger partial charge in [-0.25, -0.2) is 0 Å². The molecule has 0 aromatic carbocycles. The maximum atomic E-state index is 5.72. The van der Waals surface area contributed by atoms with Gasteiger partial charge in [0.05, 0.1) is 13.2 Å². The lowest BCUT2D eigenvalue weighted by atomic mass is 9.82. The first kappa shape index (κ1) is 11.4. The van der Waals surface area contributed by atoms with Gasteiger partial charge in [0.25, 0.3) is 0 Å². The molecule has 15 heavy (non-hydrogen) atoms. The molecule has 3 heteroatoms. The summed E-state index contributed by atoms with van der Waals surface area (Å²) in [5, 5.41) is 3.21. The largest absolute Gasteiger partial charge is 0.348 e. The van der Waals surface area contributed by atoms with Gasteiger partial charge in [-0.2, -0.15) is 0 Å². The van der Waals surface area contributed by atoms with E-state index in [1.807, 2.05) is 7.05 Å². The van der Waals surface area contributed by atoms with Crippen LogP contribution in [0.25, 0.3) is 0 Å². The van der Waals surface area contributed by atoms with E-state index in [1.54, 1.807) is 0 Å². The summed E-state index contributed by atoms with van der Waals surface area (Å²) in [6, 6.07) is 0. The predicted molar refractivity (Wildman–Crippen MR) is 59.8 cm³/mol. The minimum absolute atomic E-state index is 0.167. The number of hydrogen-bond donors (Lipinski definition) is 1. The van der Waals surface area contributed by atoms with Gasteiger partial charge >= 0.3 is 0 Å². The first-order chi connectivity index (χ1) is 7.35. The minimum atomic E-state index is -0.167. The quantitative estimate of drug-likeness (QED) is 0.724. The van der Waals surface area contributed by atoms with Gasteiger partial charge in [0, 0.05) is 12.8 Å². The van der Waals surface area contributed by atoms with E-state index in [2.05, 4.69) is 5.32 Å². The van der Waals surface area contributed by atoms with Crippen LogP contribution in [0.4, 0.5) is 0 Å². The van der Waals surface area contributed by atoms with Crippen molar-refractivity contribution in [2.75, 3.05) is 26.8 Å². The lowest BCUT2D eigenvalue weighted by molar-refractivity contribution is -0.182. The average Bonchev–Trinajstić information content (AvgIpc) is 2.71. The molecule has 1 saturated heterocycles. The third-order valence-electron chi connectivity index (χ3n) is 3.72. The molecule has 2 aliphatic rings. The highest BCUT2D eigenvalue weighted by atomic mass is 16.7. The third kappa shape index (κ3) is 2.92. The molecule has 0 unspecified atom stereocenters. The van der Waals surface area contributed by atoms with Crippen LogP contribution in [-0.4, -0.2) is 32.6 Å². The molecule has 0 atom stereocenters. The SMILES string of the molecule is CNCCCC1CCC2(CC1)OCCO2. The van der Waals surface area contributed by atoms with Crippen molar-refractivity contribution < 1.29 is 9.47 Å². The van der Waals surface area contributed by atoms with Crippen LogP contribution in [0.15, 0.2) is 0 Å². The Morgan fingerprint density at radius 1 is 1.20 bits per heavy atom. The Morgan fingerprint density at radius 3 is 2.47 bits per heavy atom. The zero-order valence-electron chi connectivity index (χ0n) is 9.76. The smallest absolute Gasteiger partial charge is 0.168 e. The Bertz CT molecular complexity index is 180. The van der Waals surface area contributed by atoms with Crippen molar-refractivity contribution in [3.63, 3.8) is 0 Å². The molecule has 1 saturated carbocycles. The van der Waals surface area contributed by atoms with Gasteiger partial charge in [-0.15, -0.1) is 0 Å². The fraction of sp³-hybridized carbons (Fsp3) is 1.00. The monoisotopic (exact) mass is 213 g/mol. The Morgan fingerprint density at radius 2 is 1.87 bits per heavy atom. The third-order valence-corrected chi connectivity index (χ3v) is 3.72. The summed E-state index contributed by atoms with van der Waals surface area (Å²) in [6.07, 6.45) is 7.44. The fourth-order valence-electron chi connectivity index (χ4n) is 2.76. The molecular weight excluding hydrogens is 190 g/mol. The van der Waals surface area contributed by atoms with Gasteiger partial charge < -0.3 is 14.8 Å². The van der Waals surface area contributed by atoms with E-state index >= 15 is 0 Å². The maximum absolute atomic E-state index is 5.72. The van der Waals surface area contributed by atoms with Crippen LogP contribution in [0.1, 0.15) is 38.5 Å². The molecular formula is C12H23NO2. The highest BCUT2D eigenvalue weighted by molar-refractivity contribution is 4.82. The van der Waals surface area contributed by atoms with Crippen molar-refractivity contribution in [3.8, 4) is 0 Å². The van der Waals surface area contributed by atoms with E-state index in [0.717, 1.165) is 38.5 Å². The van der Waals surface area contributed by atoms with Gasteiger partial charge in [0.15, 0.2) is 5.79 Å². The van der Waals surface area contributed by atoms with Crippen molar-refractivity contribution in [2.45, 2.75) is 44.3 Å². The van der Waals surface area contributed by atoms with Gasteiger partial charge in [0.2, 0.25) is 0 Å². The van der Waals surface area contributed by atoms with Gasteiger partial charge in [0.1, 0.15) is 0 Å². The Balaban J connectivity index is 1.67. The molecule has 1 N–H and O–H groups in total. The highest BCUT2D eigenvalue weighted by Crippen LogP contribution is 2.39. The lowest BCUT2D eigenvalue weighted by Crippen LogP contribution is -2.35. The summed E-state index contributed by atoms with van der Waals surface area (Å²) in [7, 11) is 2.02. The van der Waals surface area contributed by atoms with Gasteiger partial charge in [-0.3, -0.25) is 0 Å². The van der Waals surface area contributed by atoms with Crippen molar-refractivity contribution in [3.05, 3.63) is 0 Å². The van der Waals surface area contributed by atoms with Crippen LogP contribution in [-0.2, 0) is 9.47 Å². The second-order valence-corrected chi connectivity index (χ2v) is 4.80. The van der Waals surface area contributed by atoms with Crippen LogP contribution in [0.2, 0.25) is 0 Å². The molecule has 88 valence electrons. The number of rotatable bonds is 4. The lowest BCUT2D eigenvalue weighted by Gasteiger charge is -2.35. The predicted octanol–water partition coefficient (Wildman–Crippen LogP) is 1.92. The van der Waals surface area contributed by atoms with Crippen LogP contribution >= 0.6 is 0 Å². The number of ether oxygens (including phenoxy) is 2.